The lowest BCUT2D eigenvalue weighted by Crippen LogP contribution is -2.38. The van der Waals surface area contributed by atoms with E-state index in [0.717, 1.165) is 23.8 Å². The summed E-state index contributed by atoms with van der Waals surface area (Å²) in [4.78, 5) is 11.0. The monoisotopic (exact) mass is 461 g/mol. The van der Waals surface area contributed by atoms with Crippen molar-refractivity contribution in [1.29, 1.82) is 0 Å². The molecule has 0 bridgehead atoms. The Bertz CT molecular complexity index is 1340. The normalized spacial score (nSPS) is 11.8. The maximum atomic E-state index is 13.4. The number of aromatic carboxylic acids is 1. The minimum atomic E-state index is -4.73. The minimum Gasteiger partial charge on any atom is -0.505 e. The van der Waals surface area contributed by atoms with Crippen molar-refractivity contribution < 1.29 is 31.8 Å². The van der Waals surface area contributed by atoms with E-state index in [-0.39, 0.29) is 8.61 Å². The van der Waals surface area contributed by atoms with Crippen molar-refractivity contribution in [2.24, 2.45) is 0 Å². The molecule has 0 aliphatic heterocycles. The Labute approximate surface area is 180 Å². The van der Waals surface area contributed by atoms with Gasteiger partial charge in [-0.15, -0.1) is 0 Å². The number of nitrogens with zero attached hydrogens (tertiary/aromatic N) is 1. The standard InChI is InChI=1S/C21H19NO7S2/c1-2-30(26,27)22(19-13-7-12-18(20(19)23)21(24)25)31(28,29)17-11-6-10-16(14-17)15-8-4-3-5-9-15/h3-14,23H,2H2,1H3,(H,24,25). The molecule has 0 heterocycles. The third-order valence-corrected chi connectivity index (χ3v) is 8.70. The fourth-order valence-electron chi connectivity index (χ4n) is 2.96. The summed E-state index contributed by atoms with van der Waals surface area (Å²) in [7, 11) is -9.20. The summed E-state index contributed by atoms with van der Waals surface area (Å²) in [6.07, 6.45) is 0. The Morgan fingerprint density at radius 1 is 0.871 bits per heavy atom. The lowest BCUT2D eigenvalue weighted by atomic mass is 10.1. The van der Waals surface area contributed by atoms with Crippen molar-refractivity contribution in [2.45, 2.75) is 11.8 Å². The summed E-state index contributed by atoms with van der Waals surface area (Å²) < 4.78 is 52.6. The Hall–Kier alpha value is -3.37. The number of aromatic hydroxyl groups is 1. The zero-order chi connectivity index (χ0) is 22.8. The molecule has 0 saturated heterocycles. The predicted molar refractivity (Wildman–Crippen MR) is 116 cm³/mol. The smallest absolute Gasteiger partial charge is 0.339 e. The molecule has 10 heteroatoms. The van der Waals surface area contributed by atoms with Gasteiger partial charge in [-0.05, 0) is 42.3 Å². The molecule has 3 aromatic rings. The van der Waals surface area contributed by atoms with Crippen molar-refractivity contribution in [3.63, 3.8) is 0 Å². The van der Waals surface area contributed by atoms with Crippen LogP contribution in [0.3, 0.4) is 0 Å². The first-order valence-electron chi connectivity index (χ1n) is 9.08. The number of phenols is 1. The Balaban J connectivity index is 2.25. The van der Waals surface area contributed by atoms with Crippen LogP contribution in [0.2, 0.25) is 0 Å². The summed E-state index contributed by atoms with van der Waals surface area (Å²) in [6.45, 7) is 1.25. The second-order valence-corrected chi connectivity index (χ2v) is 10.6. The molecule has 0 spiro atoms. The van der Waals surface area contributed by atoms with Gasteiger partial charge >= 0.3 is 5.97 Å². The Morgan fingerprint density at radius 2 is 1.48 bits per heavy atom. The molecule has 0 saturated carbocycles. The quantitative estimate of drug-likeness (QED) is 0.552. The number of para-hydroxylation sites is 1. The maximum Gasteiger partial charge on any atom is 0.339 e. The number of hydrogen-bond acceptors (Lipinski definition) is 6. The fraction of sp³-hybridized carbons (Fsp3) is 0.0952. The van der Waals surface area contributed by atoms with E-state index in [2.05, 4.69) is 0 Å². The third-order valence-electron chi connectivity index (χ3n) is 4.52. The van der Waals surface area contributed by atoms with E-state index in [1.165, 1.54) is 25.1 Å². The second kappa shape index (κ2) is 8.40. The average molecular weight is 462 g/mol. The SMILES string of the molecule is CCS(=O)(=O)N(c1cccc(C(=O)O)c1O)S(=O)(=O)c1cccc(-c2ccccc2)c1. The maximum absolute atomic E-state index is 13.4. The molecular formula is C21H19NO7S2. The van der Waals surface area contributed by atoms with E-state index in [1.54, 1.807) is 36.4 Å². The number of carboxylic acids is 1. The zero-order valence-electron chi connectivity index (χ0n) is 16.3. The number of carboxylic acid groups (broad SMARTS) is 1. The first-order valence-corrected chi connectivity index (χ1v) is 12.1. The second-order valence-electron chi connectivity index (χ2n) is 6.48. The molecule has 0 aliphatic carbocycles. The first kappa shape index (κ1) is 22.3. The summed E-state index contributed by atoms with van der Waals surface area (Å²) in [5, 5.41) is 19.6. The van der Waals surface area contributed by atoms with Gasteiger partial charge in [0.1, 0.15) is 11.3 Å². The number of hydrogen-bond donors (Lipinski definition) is 2. The van der Waals surface area contributed by atoms with Crippen LogP contribution < -0.4 is 3.71 Å². The van der Waals surface area contributed by atoms with Crippen molar-refractivity contribution in [3.8, 4) is 16.9 Å². The summed E-state index contributed by atoms with van der Waals surface area (Å²) in [6, 6.07) is 17.8. The highest BCUT2D eigenvalue weighted by molar-refractivity contribution is 8.10. The van der Waals surface area contributed by atoms with Gasteiger partial charge in [0.15, 0.2) is 5.75 Å². The van der Waals surface area contributed by atoms with Crippen LogP contribution in [0.1, 0.15) is 17.3 Å². The van der Waals surface area contributed by atoms with Gasteiger partial charge in [0, 0.05) is 0 Å². The summed E-state index contributed by atoms with van der Waals surface area (Å²) in [5.41, 5.74) is -0.0203. The van der Waals surface area contributed by atoms with Gasteiger partial charge in [0.25, 0.3) is 10.0 Å². The summed E-state index contributed by atoms with van der Waals surface area (Å²) >= 11 is 0. The molecule has 31 heavy (non-hydrogen) atoms. The highest BCUT2D eigenvalue weighted by Crippen LogP contribution is 2.37. The van der Waals surface area contributed by atoms with Crippen LogP contribution in [0.15, 0.2) is 77.7 Å². The van der Waals surface area contributed by atoms with Crippen molar-refractivity contribution in [2.75, 3.05) is 9.46 Å². The van der Waals surface area contributed by atoms with E-state index in [1.807, 2.05) is 0 Å². The molecule has 3 aromatic carbocycles. The van der Waals surface area contributed by atoms with Crippen LogP contribution in [0.4, 0.5) is 5.69 Å². The Morgan fingerprint density at radius 3 is 2.10 bits per heavy atom. The van der Waals surface area contributed by atoms with Gasteiger partial charge in [0.05, 0.1) is 10.6 Å². The van der Waals surface area contributed by atoms with Crippen LogP contribution in [0.5, 0.6) is 5.75 Å². The summed E-state index contributed by atoms with van der Waals surface area (Å²) in [5.74, 6) is -3.09. The molecule has 0 atom stereocenters. The third kappa shape index (κ3) is 4.25. The number of carbonyl (C=O) groups is 1. The molecule has 162 valence electrons. The molecular weight excluding hydrogens is 442 g/mol. The van der Waals surface area contributed by atoms with E-state index in [0.29, 0.717) is 5.56 Å². The van der Waals surface area contributed by atoms with Gasteiger partial charge < -0.3 is 10.2 Å². The first-order chi connectivity index (χ1) is 14.6. The van der Waals surface area contributed by atoms with Gasteiger partial charge in [0.2, 0.25) is 10.0 Å². The number of anilines is 1. The fourth-order valence-corrected chi connectivity index (χ4v) is 6.54. The van der Waals surface area contributed by atoms with E-state index < -0.39 is 48.8 Å². The van der Waals surface area contributed by atoms with Crippen molar-refractivity contribution >= 4 is 31.7 Å². The average Bonchev–Trinajstić information content (AvgIpc) is 2.75. The molecule has 0 unspecified atom stereocenters. The van der Waals surface area contributed by atoms with Gasteiger partial charge in [-0.2, -0.15) is 3.71 Å². The van der Waals surface area contributed by atoms with Crippen LogP contribution in [0, 0.1) is 0 Å². The van der Waals surface area contributed by atoms with Gasteiger partial charge in [-0.25, -0.2) is 21.6 Å². The van der Waals surface area contributed by atoms with Gasteiger partial charge in [-0.3, -0.25) is 0 Å². The van der Waals surface area contributed by atoms with Crippen LogP contribution in [-0.2, 0) is 20.0 Å². The molecule has 3 rings (SSSR count). The van der Waals surface area contributed by atoms with Crippen LogP contribution >= 0.6 is 0 Å². The number of sulfonamides is 2. The topological polar surface area (TPSA) is 129 Å². The molecule has 2 N–H and O–H groups in total. The molecule has 0 radical (unpaired) electrons. The molecule has 0 amide bonds. The zero-order valence-corrected chi connectivity index (χ0v) is 18.0. The van der Waals surface area contributed by atoms with E-state index >= 15 is 0 Å². The molecule has 0 aliphatic rings. The predicted octanol–water partition coefficient (Wildman–Crippen LogP) is 3.30. The number of rotatable bonds is 7. The van der Waals surface area contributed by atoms with Crippen molar-refractivity contribution in [1.82, 2.24) is 0 Å². The van der Waals surface area contributed by atoms with Crippen molar-refractivity contribution in [3.05, 3.63) is 78.4 Å². The largest absolute Gasteiger partial charge is 0.505 e. The van der Waals surface area contributed by atoms with E-state index in [4.69, 9.17) is 0 Å². The minimum absolute atomic E-state index is 0.0892. The lowest BCUT2D eigenvalue weighted by Gasteiger charge is -2.24. The molecule has 0 fully saturated rings. The highest BCUT2D eigenvalue weighted by atomic mass is 32.3. The van der Waals surface area contributed by atoms with E-state index in [9.17, 15) is 31.8 Å². The number of benzene rings is 3. The molecule has 8 nitrogen and oxygen atoms in total. The lowest BCUT2D eigenvalue weighted by molar-refractivity contribution is 0.0693. The van der Waals surface area contributed by atoms with Crippen LogP contribution in [0.25, 0.3) is 11.1 Å². The van der Waals surface area contributed by atoms with Gasteiger partial charge in [-0.1, -0.05) is 48.5 Å². The molecule has 0 aromatic heterocycles. The Kier molecular flexibility index (Phi) is 6.05. The highest BCUT2D eigenvalue weighted by Gasteiger charge is 2.37. The van der Waals surface area contributed by atoms with Crippen LogP contribution in [-0.4, -0.2) is 38.8 Å².